The first-order chi connectivity index (χ1) is 12.3. The minimum Gasteiger partial charge on any atom is -0.480 e. The molecule has 0 radical (unpaired) electrons. The fraction of sp³-hybridized carbons (Fsp3) is 0.450. The molecule has 0 saturated carbocycles. The van der Waals surface area contributed by atoms with Crippen molar-refractivity contribution in [3.8, 4) is 0 Å². The number of carbonyl (C=O) groups is 1. The van der Waals surface area contributed by atoms with Gasteiger partial charge >= 0.3 is 5.97 Å². The molecule has 0 amide bonds. The first-order valence-corrected chi connectivity index (χ1v) is 9.07. The molecule has 148 valence electrons. The average Bonchev–Trinajstić information content (AvgIpc) is 2.80. The number of hydrogen-bond donors (Lipinski definition) is 3. The van der Waals surface area contributed by atoms with Crippen LogP contribution in [-0.2, 0) is 45.2 Å². The Labute approximate surface area is 175 Å². The summed E-state index contributed by atoms with van der Waals surface area (Å²) in [6.07, 6.45) is 4.97. The molecule has 6 nitrogen and oxygen atoms in total. The van der Waals surface area contributed by atoms with Gasteiger partial charge < -0.3 is 9.67 Å². The van der Waals surface area contributed by atoms with Crippen LogP contribution in [0.3, 0.4) is 0 Å². The molecule has 4 N–H and O–H groups in total. The van der Waals surface area contributed by atoms with Crippen molar-refractivity contribution >= 4 is 11.7 Å². The second kappa shape index (κ2) is 10.6. The molecule has 0 aliphatic heterocycles. The zero-order chi connectivity index (χ0) is 19.3. The SMILES string of the molecule is CCCCCc1c(C)c(Cc2ccc(N(N)O)cc2)c(C)n1CC(=O)O.[W]. The quantitative estimate of drug-likeness (QED) is 0.256. The third-order valence-electron chi connectivity index (χ3n) is 4.95. The van der Waals surface area contributed by atoms with Crippen molar-refractivity contribution in [2.24, 2.45) is 5.84 Å². The molecule has 0 spiro atoms. The van der Waals surface area contributed by atoms with E-state index in [2.05, 4.69) is 13.8 Å². The van der Waals surface area contributed by atoms with Crippen LogP contribution in [0.1, 0.15) is 54.3 Å². The van der Waals surface area contributed by atoms with Crippen LogP contribution in [0.4, 0.5) is 5.69 Å². The molecule has 2 rings (SSSR count). The van der Waals surface area contributed by atoms with E-state index in [4.69, 9.17) is 5.84 Å². The summed E-state index contributed by atoms with van der Waals surface area (Å²) in [4.78, 5) is 11.3. The summed E-state index contributed by atoms with van der Waals surface area (Å²) in [5, 5.41) is 19.2. The number of carboxylic acid groups (broad SMARTS) is 1. The number of rotatable bonds is 9. The van der Waals surface area contributed by atoms with Crippen molar-refractivity contribution < 1.29 is 36.2 Å². The van der Waals surface area contributed by atoms with Crippen molar-refractivity contribution in [1.82, 2.24) is 4.57 Å². The third-order valence-corrected chi connectivity index (χ3v) is 4.95. The largest absolute Gasteiger partial charge is 0.480 e. The topological polar surface area (TPSA) is 91.7 Å². The third kappa shape index (κ3) is 5.93. The molecule has 0 aliphatic carbocycles. The second-order valence-electron chi connectivity index (χ2n) is 6.76. The number of hydrogen-bond acceptors (Lipinski definition) is 4. The Hall–Kier alpha value is -1.62. The molecule has 7 heteroatoms. The van der Waals surface area contributed by atoms with Gasteiger partial charge in [-0.05, 0) is 61.9 Å². The van der Waals surface area contributed by atoms with E-state index < -0.39 is 5.97 Å². The smallest absolute Gasteiger partial charge is 0.323 e. The number of unbranched alkanes of at least 4 members (excludes halogenated alkanes) is 2. The standard InChI is InChI=1S/C20H29N3O3.W/c1-4-5-6-7-19-14(2)18(15(3)22(19)13-20(24)25)12-16-8-10-17(11-9-16)23(21)26;/h8-11,26H,4-7,12-13,21H2,1-3H3,(H,24,25);. The van der Waals surface area contributed by atoms with Crippen molar-refractivity contribution in [3.63, 3.8) is 0 Å². The number of aliphatic carboxylic acids is 1. The van der Waals surface area contributed by atoms with E-state index in [-0.39, 0.29) is 27.6 Å². The number of aromatic nitrogens is 1. The van der Waals surface area contributed by atoms with Crippen LogP contribution >= 0.6 is 0 Å². The van der Waals surface area contributed by atoms with E-state index in [1.165, 1.54) is 11.1 Å². The first kappa shape index (κ1) is 23.4. The zero-order valence-corrected chi connectivity index (χ0v) is 19.2. The number of anilines is 1. The van der Waals surface area contributed by atoms with E-state index in [1.54, 1.807) is 12.1 Å². The van der Waals surface area contributed by atoms with Crippen LogP contribution < -0.4 is 11.0 Å². The molecular formula is C20H29N3O3W. The van der Waals surface area contributed by atoms with Crippen molar-refractivity contribution in [3.05, 3.63) is 52.3 Å². The van der Waals surface area contributed by atoms with E-state index in [0.29, 0.717) is 10.9 Å². The van der Waals surface area contributed by atoms with Crippen LogP contribution in [0.5, 0.6) is 0 Å². The summed E-state index contributed by atoms with van der Waals surface area (Å²) in [5.41, 5.74) is 6.13. The van der Waals surface area contributed by atoms with Crippen LogP contribution in [0.2, 0.25) is 0 Å². The summed E-state index contributed by atoms with van der Waals surface area (Å²) >= 11 is 0. The monoisotopic (exact) mass is 543 g/mol. The normalized spacial score (nSPS) is 10.6. The van der Waals surface area contributed by atoms with Gasteiger partial charge in [0.05, 0.1) is 5.69 Å². The number of nitrogens with zero attached hydrogens (tertiary/aromatic N) is 2. The molecule has 0 saturated heterocycles. The summed E-state index contributed by atoms with van der Waals surface area (Å²) < 4.78 is 1.95. The Morgan fingerprint density at radius 3 is 2.33 bits per heavy atom. The maximum Gasteiger partial charge on any atom is 0.323 e. The van der Waals surface area contributed by atoms with Gasteiger partial charge in [0, 0.05) is 32.5 Å². The van der Waals surface area contributed by atoms with Crippen LogP contribution in [0.15, 0.2) is 24.3 Å². The van der Waals surface area contributed by atoms with Gasteiger partial charge in [-0.1, -0.05) is 31.9 Å². The molecule has 2 aromatic rings. The Kier molecular flexibility index (Phi) is 9.23. The van der Waals surface area contributed by atoms with Gasteiger partial charge in [-0.15, -0.1) is 0 Å². The van der Waals surface area contributed by atoms with Gasteiger partial charge in [-0.2, -0.15) is 5.17 Å². The Balaban J connectivity index is 0.00000364. The molecule has 1 aromatic heterocycles. The summed E-state index contributed by atoms with van der Waals surface area (Å²) in [7, 11) is 0. The number of nitrogens with two attached hydrogens (primary N) is 1. The molecule has 0 aliphatic rings. The minimum atomic E-state index is -0.818. The van der Waals surface area contributed by atoms with Crippen LogP contribution in [0.25, 0.3) is 0 Å². The average molecular weight is 543 g/mol. The van der Waals surface area contributed by atoms with Gasteiger partial charge in [-0.25, -0.2) is 5.84 Å². The molecule has 0 bridgehead atoms. The van der Waals surface area contributed by atoms with Crippen molar-refractivity contribution in [2.75, 3.05) is 5.17 Å². The van der Waals surface area contributed by atoms with Gasteiger partial charge in [-0.3, -0.25) is 10.0 Å². The van der Waals surface area contributed by atoms with Gasteiger partial charge in [0.2, 0.25) is 0 Å². The maximum atomic E-state index is 11.3. The molecular weight excluding hydrogens is 514 g/mol. The number of benzene rings is 1. The summed E-state index contributed by atoms with van der Waals surface area (Å²) in [5.74, 6) is 4.50. The molecule has 1 aromatic carbocycles. The zero-order valence-electron chi connectivity index (χ0n) is 16.2. The minimum absolute atomic E-state index is 0. The molecule has 27 heavy (non-hydrogen) atoms. The summed E-state index contributed by atoms with van der Waals surface area (Å²) in [6.45, 7) is 6.25. The van der Waals surface area contributed by atoms with Gasteiger partial charge in [0.1, 0.15) is 6.54 Å². The fourth-order valence-corrected chi connectivity index (χ4v) is 3.46. The van der Waals surface area contributed by atoms with Gasteiger partial charge in [0.25, 0.3) is 0 Å². The molecule has 0 fully saturated rings. The van der Waals surface area contributed by atoms with E-state index in [1.807, 2.05) is 23.6 Å². The Morgan fingerprint density at radius 1 is 1.19 bits per heavy atom. The molecule has 1 heterocycles. The fourth-order valence-electron chi connectivity index (χ4n) is 3.46. The van der Waals surface area contributed by atoms with Crippen molar-refractivity contribution in [2.45, 2.75) is 59.4 Å². The predicted molar refractivity (Wildman–Crippen MR) is 102 cm³/mol. The van der Waals surface area contributed by atoms with E-state index in [9.17, 15) is 15.1 Å². The predicted octanol–water partition coefficient (Wildman–Crippen LogP) is 3.58. The molecule has 0 unspecified atom stereocenters. The van der Waals surface area contributed by atoms with Crippen LogP contribution in [-0.4, -0.2) is 20.9 Å². The second-order valence-corrected chi connectivity index (χ2v) is 6.76. The molecule has 0 atom stereocenters. The van der Waals surface area contributed by atoms with Crippen LogP contribution in [0, 0.1) is 13.8 Å². The number of carboxylic acids is 1. The maximum absolute atomic E-state index is 11.3. The van der Waals surface area contributed by atoms with Gasteiger partial charge in [0.15, 0.2) is 0 Å². The first-order valence-electron chi connectivity index (χ1n) is 9.07. The summed E-state index contributed by atoms with van der Waals surface area (Å²) in [6, 6.07) is 7.37. The number of hydrazine groups is 1. The van der Waals surface area contributed by atoms with Crippen molar-refractivity contribution in [1.29, 1.82) is 0 Å². The Bertz CT molecular complexity index is 755. The van der Waals surface area contributed by atoms with E-state index in [0.717, 1.165) is 49.1 Å². The van der Waals surface area contributed by atoms with E-state index >= 15 is 0 Å². The Morgan fingerprint density at radius 2 is 1.81 bits per heavy atom.